The molecule has 1 fully saturated rings. The van der Waals surface area contributed by atoms with E-state index in [0.717, 1.165) is 11.0 Å². The fourth-order valence-electron chi connectivity index (χ4n) is 2.94. The van der Waals surface area contributed by atoms with Crippen LogP contribution in [0.2, 0.25) is 0 Å². The second kappa shape index (κ2) is 6.51. The van der Waals surface area contributed by atoms with Crippen LogP contribution in [0.4, 0.5) is 5.95 Å². The van der Waals surface area contributed by atoms with Gasteiger partial charge >= 0.3 is 0 Å². The lowest BCUT2D eigenvalue weighted by Gasteiger charge is -2.20. The number of hydrogen-bond acceptors (Lipinski definition) is 7. The Labute approximate surface area is 149 Å². The van der Waals surface area contributed by atoms with Crippen molar-refractivity contribution in [3.8, 4) is 5.82 Å². The smallest absolute Gasteiger partial charge is 0.229 e. The van der Waals surface area contributed by atoms with Crippen molar-refractivity contribution in [2.45, 2.75) is 25.8 Å². The summed E-state index contributed by atoms with van der Waals surface area (Å²) >= 11 is 0. The summed E-state index contributed by atoms with van der Waals surface area (Å²) in [7, 11) is 0. The van der Waals surface area contributed by atoms with Gasteiger partial charge < -0.3 is 5.32 Å². The van der Waals surface area contributed by atoms with Crippen LogP contribution in [0.25, 0.3) is 16.9 Å². The highest BCUT2D eigenvalue weighted by molar-refractivity contribution is 6.01. The second-order valence-corrected chi connectivity index (χ2v) is 6.17. The predicted octanol–water partition coefficient (Wildman–Crippen LogP) is 1.16. The SMILES string of the molecule is CC(CN1C(=O)CCC1=O)Nc1nccc(-n2nnc3ccccc32)n1. The van der Waals surface area contributed by atoms with E-state index in [1.807, 2.05) is 31.2 Å². The summed E-state index contributed by atoms with van der Waals surface area (Å²) < 4.78 is 1.64. The molecule has 1 atom stereocenters. The van der Waals surface area contributed by atoms with Crippen molar-refractivity contribution in [2.75, 3.05) is 11.9 Å². The molecule has 3 heterocycles. The number of amides is 2. The predicted molar refractivity (Wildman–Crippen MR) is 93.5 cm³/mol. The van der Waals surface area contributed by atoms with Gasteiger partial charge in [0, 0.05) is 37.7 Å². The van der Waals surface area contributed by atoms with Crippen molar-refractivity contribution in [1.29, 1.82) is 0 Å². The molecule has 1 aliphatic rings. The van der Waals surface area contributed by atoms with Gasteiger partial charge in [-0.3, -0.25) is 14.5 Å². The number of rotatable bonds is 5. The standard InChI is InChI=1S/C17H17N7O2/c1-11(10-23-15(25)6-7-16(23)26)19-17-18-9-8-14(20-17)24-13-5-3-2-4-12(13)21-22-24/h2-5,8-9,11H,6-7,10H2,1H3,(H,18,19,20). The van der Waals surface area contributed by atoms with Gasteiger partial charge in [-0.25, -0.2) is 4.98 Å². The first kappa shape index (κ1) is 16.1. The number of fused-ring (bicyclic) bond motifs is 1. The van der Waals surface area contributed by atoms with Crippen LogP contribution < -0.4 is 5.32 Å². The van der Waals surface area contributed by atoms with Gasteiger partial charge in [-0.1, -0.05) is 17.3 Å². The average Bonchev–Trinajstić information content (AvgIpc) is 3.20. The summed E-state index contributed by atoms with van der Waals surface area (Å²) in [5.41, 5.74) is 1.62. The average molecular weight is 351 g/mol. The molecule has 26 heavy (non-hydrogen) atoms. The van der Waals surface area contributed by atoms with Crippen molar-refractivity contribution >= 4 is 28.8 Å². The maximum Gasteiger partial charge on any atom is 0.229 e. The van der Waals surface area contributed by atoms with Crippen LogP contribution in [-0.2, 0) is 9.59 Å². The molecule has 0 bridgehead atoms. The summed E-state index contributed by atoms with van der Waals surface area (Å²) in [4.78, 5) is 33.4. The van der Waals surface area contributed by atoms with Gasteiger partial charge in [0.05, 0.1) is 5.52 Å². The Kier molecular flexibility index (Phi) is 4.04. The Bertz CT molecular complexity index is 968. The second-order valence-electron chi connectivity index (χ2n) is 6.17. The van der Waals surface area contributed by atoms with Crippen LogP contribution in [0.1, 0.15) is 19.8 Å². The summed E-state index contributed by atoms with van der Waals surface area (Å²) in [5, 5.41) is 11.4. The van der Waals surface area contributed by atoms with Gasteiger partial charge in [0.2, 0.25) is 17.8 Å². The summed E-state index contributed by atoms with van der Waals surface area (Å²) in [6, 6.07) is 9.17. The topological polar surface area (TPSA) is 106 Å². The first-order valence-electron chi connectivity index (χ1n) is 8.35. The monoisotopic (exact) mass is 351 g/mol. The van der Waals surface area contributed by atoms with E-state index < -0.39 is 0 Å². The van der Waals surface area contributed by atoms with Crippen molar-refractivity contribution in [1.82, 2.24) is 29.9 Å². The lowest BCUT2D eigenvalue weighted by Crippen LogP contribution is -2.38. The number of benzene rings is 1. The Morgan fingerprint density at radius 3 is 2.73 bits per heavy atom. The van der Waals surface area contributed by atoms with Crippen molar-refractivity contribution in [3.05, 3.63) is 36.5 Å². The van der Waals surface area contributed by atoms with Crippen molar-refractivity contribution in [2.24, 2.45) is 0 Å². The zero-order chi connectivity index (χ0) is 18.1. The van der Waals surface area contributed by atoms with E-state index in [2.05, 4.69) is 25.6 Å². The zero-order valence-electron chi connectivity index (χ0n) is 14.2. The molecule has 4 rings (SSSR count). The van der Waals surface area contributed by atoms with Crippen LogP contribution in [0.5, 0.6) is 0 Å². The lowest BCUT2D eigenvalue weighted by molar-refractivity contribution is -0.138. The van der Waals surface area contributed by atoms with E-state index in [-0.39, 0.29) is 37.2 Å². The van der Waals surface area contributed by atoms with Crippen LogP contribution in [0.3, 0.4) is 0 Å². The molecular weight excluding hydrogens is 334 g/mol. The largest absolute Gasteiger partial charge is 0.350 e. The van der Waals surface area contributed by atoms with E-state index in [0.29, 0.717) is 11.8 Å². The fraction of sp³-hybridized carbons (Fsp3) is 0.294. The first-order chi connectivity index (χ1) is 12.6. The molecule has 1 saturated heterocycles. The number of imide groups is 1. The minimum absolute atomic E-state index is 0.132. The van der Waals surface area contributed by atoms with E-state index >= 15 is 0 Å². The number of para-hydroxylation sites is 1. The minimum atomic E-state index is -0.177. The third-order valence-corrected chi connectivity index (χ3v) is 4.20. The summed E-state index contributed by atoms with van der Waals surface area (Å²) in [6.45, 7) is 2.16. The van der Waals surface area contributed by atoms with Gasteiger partial charge in [0.1, 0.15) is 5.52 Å². The molecule has 0 aliphatic carbocycles. The molecule has 2 amide bonds. The van der Waals surface area contributed by atoms with Crippen molar-refractivity contribution < 1.29 is 9.59 Å². The molecule has 9 nitrogen and oxygen atoms in total. The van der Waals surface area contributed by atoms with E-state index in [4.69, 9.17) is 0 Å². The van der Waals surface area contributed by atoms with Crippen LogP contribution in [-0.4, -0.2) is 54.3 Å². The molecule has 1 aromatic carbocycles. The molecule has 1 aliphatic heterocycles. The zero-order valence-corrected chi connectivity index (χ0v) is 14.2. The molecule has 1 N–H and O–H groups in total. The number of anilines is 1. The Morgan fingerprint density at radius 2 is 1.92 bits per heavy atom. The van der Waals surface area contributed by atoms with Gasteiger partial charge in [-0.2, -0.15) is 9.67 Å². The molecule has 0 spiro atoms. The maximum atomic E-state index is 11.7. The Hall–Kier alpha value is -3.36. The third-order valence-electron chi connectivity index (χ3n) is 4.20. The summed E-state index contributed by atoms with van der Waals surface area (Å²) in [5.74, 6) is 0.713. The normalized spacial score (nSPS) is 15.7. The maximum absolute atomic E-state index is 11.7. The molecule has 0 saturated carbocycles. The van der Waals surface area contributed by atoms with E-state index in [9.17, 15) is 9.59 Å². The molecule has 1 unspecified atom stereocenters. The number of aromatic nitrogens is 5. The van der Waals surface area contributed by atoms with E-state index in [1.165, 1.54) is 4.90 Å². The van der Waals surface area contributed by atoms with Gasteiger partial charge in [-0.15, -0.1) is 5.10 Å². The first-order valence-corrected chi connectivity index (χ1v) is 8.35. The molecule has 0 radical (unpaired) electrons. The quantitative estimate of drug-likeness (QED) is 0.688. The highest BCUT2D eigenvalue weighted by Gasteiger charge is 2.29. The number of nitrogens with one attached hydrogen (secondary N) is 1. The van der Waals surface area contributed by atoms with Crippen LogP contribution in [0, 0.1) is 0 Å². The number of nitrogens with zero attached hydrogens (tertiary/aromatic N) is 6. The summed E-state index contributed by atoms with van der Waals surface area (Å²) in [6.07, 6.45) is 2.20. The van der Waals surface area contributed by atoms with E-state index in [1.54, 1.807) is 16.9 Å². The van der Waals surface area contributed by atoms with Crippen molar-refractivity contribution in [3.63, 3.8) is 0 Å². The van der Waals surface area contributed by atoms with Gasteiger partial charge in [0.15, 0.2) is 5.82 Å². The van der Waals surface area contributed by atoms with Gasteiger partial charge in [0.25, 0.3) is 0 Å². The Balaban J connectivity index is 1.52. The van der Waals surface area contributed by atoms with Crippen LogP contribution >= 0.6 is 0 Å². The number of carbonyl (C=O) groups is 2. The fourth-order valence-corrected chi connectivity index (χ4v) is 2.94. The number of likely N-dealkylation sites (tertiary alicyclic amines) is 1. The molecule has 9 heteroatoms. The molecule has 3 aromatic rings. The minimum Gasteiger partial charge on any atom is -0.350 e. The molecule has 2 aromatic heterocycles. The molecule has 132 valence electrons. The number of hydrogen-bond donors (Lipinski definition) is 1. The van der Waals surface area contributed by atoms with Gasteiger partial charge in [-0.05, 0) is 19.1 Å². The molecular formula is C17H17N7O2. The lowest BCUT2D eigenvalue weighted by atomic mass is 10.3. The highest BCUT2D eigenvalue weighted by atomic mass is 16.2. The van der Waals surface area contributed by atoms with Crippen LogP contribution in [0.15, 0.2) is 36.5 Å². The number of carbonyl (C=O) groups excluding carboxylic acids is 2. The third kappa shape index (κ3) is 2.99. The highest BCUT2D eigenvalue weighted by Crippen LogP contribution is 2.16. The Morgan fingerprint density at radius 1 is 1.15 bits per heavy atom.